The fourth-order valence-electron chi connectivity index (χ4n) is 3.23. The Morgan fingerprint density at radius 2 is 1.76 bits per heavy atom. The van der Waals surface area contributed by atoms with E-state index in [1.54, 1.807) is 48.5 Å². The topological polar surface area (TPSA) is 115 Å². The molecule has 0 aliphatic heterocycles. The van der Waals surface area contributed by atoms with E-state index in [1.807, 2.05) is 25.1 Å². The Kier molecular flexibility index (Phi) is 6.88. The number of aromatic nitrogens is 3. The minimum atomic E-state index is -0.476. The van der Waals surface area contributed by atoms with E-state index < -0.39 is 5.82 Å². The minimum absolute atomic E-state index is 0.0412. The van der Waals surface area contributed by atoms with Gasteiger partial charge in [0.25, 0.3) is 5.91 Å². The van der Waals surface area contributed by atoms with Crippen molar-refractivity contribution in [3.05, 3.63) is 89.7 Å². The molecule has 10 heteroatoms. The van der Waals surface area contributed by atoms with Crippen molar-refractivity contribution in [1.29, 1.82) is 0 Å². The number of amides is 2. The van der Waals surface area contributed by atoms with Gasteiger partial charge >= 0.3 is 0 Å². The van der Waals surface area contributed by atoms with Crippen LogP contribution in [0.4, 0.5) is 15.8 Å². The molecule has 0 unspecified atom stereocenters. The van der Waals surface area contributed by atoms with E-state index in [4.69, 9.17) is 5.84 Å². The maximum absolute atomic E-state index is 14.0. The summed E-state index contributed by atoms with van der Waals surface area (Å²) in [5.74, 6) is 4.94. The molecule has 0 fully saturated rings. The zero-order valence-corrected chi connectivity index (χ0v) is 19.0. The average Bonchev–Trinajstić information content (AvgIpc) is 3.18. The lowest BCUT2D eigenvalue weighted by molar-refractivity contribution is -0.113. The van der Waals surface area contributed by atoms with Gasteiger partial charge in [-0.3, -0.25) is 9.59 Å². The number of aryl methyl sites for hydroxylation is 1. The first kappa shape index (κ1) is 23.0. The van der Waals surface area contributed by atoms with Crippen LogP contribution in [-0.4, -0.2) is 32.4 Å². The monoisotopic (exact) mass is 476 g/mol. The fourth-order valence-corrected chi connectivity index (χ4v) is 3.89. The van der Waals surface area contributed by atoms with E-state index in [9.17, 15) is 14.0 Å². The van der Waals surface area contributed by atoms with E-state index in [1.165, 1.54) is 6.07 Å². The third-order valence-corrected chi connectivity index (χ3v) is 5.78. The second kappa shape index (κ2) is 10.2. The number of nitrogens with zero attached hydrogens (tertiary/aromatic N) is 3. The predicted molar refractivity (Wildman–Crippen MR) is 130 cm³/mol. The number of thioether (sulfide) groups is 1. The first-order chi connectivity index (χ1) is 16.4. The molecule has 0 spiro atoms. The number of carbonyl (C=O) groups is 2. The van der Waals surface area contributed by atoms with Crippen LogP contribution >= 0.6 is 11.8 Å². The molecule has 0 saturated carbocycles. The number of rotatable bonds is 7. The summed E-state index contributed by atoms with van der Waals surface area (Å²) < 4.78 is 15.2. The number of hydrogen-bond acceptors (Lipinski definition) is 6. The molecule has 1 heterocycles. The maximum atomic E-state index is 14.0. The van der Waals surface area contributed by atoms with Gasteiger partial charge in [-0.05, 0) is 48.9 Å². The van der Waals surface area contributed by atoms with Crippen molar-refractivity contribution < 1.29 is 14.0 Å². The second-order valence-corrected chi connectivity index (χ2v) is 8.30. The molecule has 8 nitrogen and oxygen atoms in total. The molecule has 0 aliphatic rings. The number of nitrogens with one attached hydrogen (secondary N) is 2. The average molecular weight is 477 g/mol. The number of para-hydroxylation sites is 1. The van der Waals surface area contributed by atoms with E-state index in [2.05, 4.69) is 20.8 Å². The van der Waals surface area contributed by atoms with Crippen molar-refractivity contribution in [1.82, 2.24) is 14.9 Å². The molecule has 0 bridgehead atoms. The van der Waals surface area contributed by atoms with Crippen LogP contribution in [0.2, 0.25) is 0 Å². The van der Waals surface area contributed by atoms with Crippen molar-refractivity contribution in [2.75, 3.05) is 22.2 Å². The van der Waals surface area contributed by atoms with Crippen molar-refractivity contribution in [2.24, 2.45) is 0 Å². The molecule has 34 heavy (non-hydrogen) atoms. The summed E-state index contributed by atoms with van der Waals surface area (Å²) in [7, 11) is 0. The molecule has 0 saturated heterocycles. The zero-order chi connectivity index (χ0) is 24.1. The molecular formula is C24H21FN6O2S. The predicted octanol–water partition coefficient (Wildman–Crippen LogP) is 4.09. The van der Waals surface area contributed by atoms with E-state index >= 15 is 0 Å². The van der Waals surface area contributed by atoms with Gasteiger partial charge in [0.2, 0.25) is 11.1 Å². The highest BCUT2D eigenvalue weighted by molar-refractivity contribution is 7.99. The van der Waals surface area contributed by atoms with Gasteiger partial charge in [0.05, 0.1) is 22.6 Å². The van der Waals surface area contributed by atoms with Gasteiger partial charge in [-0.2, -0.15) is 0 Å². The van der Waals surface area contributed by atoms with Crippen molar-refractivity contribution in [3.63, 3.8) is 0 Å². The van der Waals surface area contributed by atoms with Crippen molar-refractivity contribution in [2.45, 2.75) is 12.1 Å². The van der Waals surface area contributed by atoms with Crippen LogP contribution in [0, 0.1) is 12.7 Å². The summed E-state index contributed by atoms with van der Waals surface area (Å²) in [6, 6.07) is 20.2. The van der Waals surface area contributed by atoms with Crippen LogP contribution in [0.15, 0.2) is 78.0 Å². The van der Waals surface area contributed by atoms with Crippen LogP contribution in [0.3, 0.4) is 0 Å². The molecule has 0 radical (unpaired) electrons. The summed E-state index contributed by atoms with van der Waals surface area (Å²) in [6.07, 6.45) is 0. The van der Waals surface area contributed by atoms with Crippen molar-refractivity contribution >= 4 is 35.0 Å². The molecule has 2 amide bonds. The lowest BCUT2D eigenvalue weighted by Gasteiger charge is -2.12. The number of anilines is 2. The highest BCUT2D eigenvalue weighted by Crippen LogP contribution is 2.24. The summed E-state index contributed by atoms with van der Waals surface area (Å²) in [5, 5.41) is 13.7. The van der Waals surface area contributed by atoms with E-state index in [0.29, 0.717) is 16.9 Å². The molecular weight excluding hydrogens is 455 g/mol. The molecule has 4 aromatic rings. The number of halogens is 1. The van der Waals surface area contributed by atoms with Gasteiger partial charge in [0.1, 0.15) is 5.82 Å². The fraction of sp³-hybridized carbons (Fsp3) is 0.0833. The van der Waals surface area contributed by atoms with Gasteiger partial charge in [-0.1, -0.05) is 48.2 Å². The van der Waals surface area contributed by atoms with Gasteiger partial charge in [-0.15, -0.1) is 10.2 Å². The van der Waals surface area contributed by atoms with Crippen LogP contribution in [0.1, 0.15) is 15.9 Å². The Hall–Kier alpha value is -4.18. The lowest BCUT2D eigenvalue weighted by Crippen LogP contribution is -2.20. The second-order valence-electron chi connectivity index (χ2n) is 7.36. The Labute approximate surface area is 199 Å². The van der Waals surface area contributed by atoms with Gasteiger partial charge < -0.3 is 16.5 Å². The summed E-state index contributed by atoms with van der Waals surface area (Å²) in [4.78, 5) is 25.4. The van der Waals surface area contributed by atoms with Crippen LogP contribution in [0.5, 0.6) is 0 Å². The molecule has 3 aromatic carbocycles. The van der Waals surface area contributed by atoms with Crippen LogP contribution in [-0.2, 0) is 4.79 Å². The quantitative estimate of drug-likeness (QED) is 0.273. The number of carbonyl (C=O) groups excluding carboxylic acids is 2. The first-order valence-electron chi connectivity index (χ1n) is 10.3. The maximum Gasteiger partial charge on any atom is 0.257 e. The first-order valence-corrected chi connectivity index (χ1v) is 11.3. The molecule has 4 rings (SSSR count). The molecule has 4 N–H and O–H groups in total. The van der Waals surface area contributed by atoms with Crippen molar-refractivity contribution in [3.8, 4) is 11.4 Å². The highest BCUT2D eigenvalue weighted by atomic mass is 32.2. The number of nitrogens with two attached hydrogens (primary N) is 1. The SMILES string of the molecule is Cc1cccc(NC(=O)c2ccccc2NC(=O)CSc2nnc(-c3ccccc3F)n2N)c1. The lowest BCUT2D eigenvalue weighted by atomic mass is 10.1. The third kappa shape index (κ3) is 5.24. The van der Waals surface area contributed by atoms with Gasteiger partial charge in [0, 0.05) is 5.69 Å². The third-order valence-electron chi connectivity index (χ3n) is 4.83. The molecule has 0 atom stereocenters. The summed E-state index contributed by atoms with van der Waals surface area (Å²) in [6.45, 7) is 1.93. The molecule has 0 aliphatic carbocycles. The summed E-state index contributed by atoms with van der Waals surface area (Å²) in [5.41, 5.74) is 2.59. The van der Waals surface area contributed by atoms with Gasteiger partial charge in [0.15, 0.2) is 5.82 Å². The van der Waals surface area contributed by atoms with Crippen LogP contribution < -0.4 is 16.5 Å². The zero-order valence-electron chi connectivity index (χ0n) is 18.2. The standard InChI is InChI=1S/C24H21FN6O2S/c1-15-7-6-8-16(13-15)27-23(33)18-10-3-5-12-20(18)28-21(32)14-34-24-30-29-22(31(24)26)17-9-2-4-11-19(17)25/h2-13H,14,26H2,1H3,(H,27,33)(H,28,32). The smallest absolute Gasteiger partial charge is 0.257 e. The Morgan fingerprint density at radius 1 is 1.00 bits per heavy atom. The Bertz CT molecular complexity index is 1360. The Balaban J connectivity index is 1.42. The number of hydrogen-bond donors (Lipinski definition) is 3. The summed E-state index contributed by atoms with van der Waals surface area (Å²) >= 11 is 1.04. The van der Waals surface area contributed by atoms with E-state index in [-0.39, 0.29) is 34.1 Å². The molecule has 1 aromatic heterocycles. The normalized spacial score (nSPS) is 10.6. The highest BCUT2D eigenvalue weighted by Gasteiger charge is 2.18. The van der Waals surface area contributed by atoms with Crippen LogP contribution in [0.25, 0.3) is 11.4 Å². The number of benzene rings is 3. The minimum Gasteiger partial charge on any atom is -0.335 e. The number of nitrogen functional groups attached to an aromatic ring is 1. The van der Waals surface area contributed by atoms with E-state index in [0.717, 1.165) is 22.0 Å². The van der Waals surface area contributed by atoms with Gasteiger partial charge in [-0.25, -0.2) is 9.07 Å². The molecule has 172 valence electrons. The Morgan fingerprint density at radius 3 is 2.56 bits per heavy atom. The largest absolute Gasteiger partial charge is 0.335 e.